The van der Waals surface area contributed by atoms with E-state index in [2.05, 4.69) is 4.08 Å². The third-order valence-corrected chi connectivity index (χ3v) is 3.32. The second-order valence-corrected chi connectivity index (χ2v) is 6.01. The zero-order valence-electron chi connectivity index (χ0n) is 7.98. The van der Waals surface area contributed by atoms with E-state index in [1.54, 1.807) is 0 Å². The highest BCUT2D eigenvalue weighted by atomic mass is 127. The summed E-state index contributed by atoms with van der Waals surface area (Å²) in [6, 6.07) is 9.89. The van der Waals surface area contributed by atoms with Crippen molar-refractivity contribution in [3.8, 4) is 4.08 Å². The average Bonchev–Trinajstić information content (AvgIpc) is 2.17. The van der Waals surface area contributed by atoms with E-state index in [-0.39, 0.29) is 21.2 Å². The molecule has 9 heteroatoms. The Balaban J connectivity index is 0.000000304. The number of alkyl halides is 3. The van der Waals surface area contributed by atoms with E-state index >= 15 is 0 Å². The molecule has 0 saturated carbocycles. The predicted octanol–water partition coefficient (Wildman–Crippen LogP) is -1.52. The molecule has 0 unspecified atom stereocenters. The van der Waals surface area contributed by atoms with E-state index < -0.39 is 15.6 Å². The molecule has 0 fully saturated rings. The van der Waals surface area contributed by atoms with Crippen LogP contribution in [0.4, 0.5) is 13.2 Å². The molecule has 1 aromatic carbocycles. The first-order valence-corrected chi connectivity index (χ1v) is 7.35. The average molecular weight is 379 g/mol. The van der Waals surface area contributed by atoms with Gasteiger partial charge in [-0.25, -0.2) is 8.42 Å². The summed E-state index contributed by atoms with van der Waals surface area (Å²) in [5, 5.41) is 8.32. The molecule has 0 aliphatic carbocycles. The van der Waals surface area contributed by atoms with Gasteiger partial charge in [-0.1, -0.05) is 18.2 Å². The maximum atomic E-state index is 10.7. The maximum absolute atomic E-state index is 10.7. The lowest BCUT2D eigenvalue weighted by atomic mass is 10.4. The molecule has 1 aromatic rings. The SMILES string of the molecule is N#C[I+]c1ccccc1.O=S(=O)([O-])C(F)(F)F. The van der Waals surface area contributed by atoms with Crippen molar-refractivity contribution < 1.29 is 47.3 Å². The summed E-state index contributed by atoms with van der Waals surface area (Å²) in [5.41, 5.74) is -5.65. The van der Waals surface area contributed by atoms with Crippen molar-refractivity contribution in [3.05, 3.63) is 33.9 Å². The van der Waals surface area contributed by atoms with Gasteiger partial charge in [-0.05, 0) is 12.1 Å². The molecule has 0 N–H and O–H groups in total. The lowest BCUT2D eigenvalue weighted by Gasteiger charge is -2.08. The first-order valence-electron chi connectivity index (χ1n) is 3.78. The predicted molar refractivity (Wildman–Crippen MR) is 46.5 cm³/mol. The van der Waals surface area contributed by atoms with E-state index in [4.69, 9.17) is 18.2 Å². The Hall–Kier alpha value is -0.860. The molecule has 1 rings (SSSR count). The van der Waals surface area contributed by atoms with Crippen LogP contribution in [0.15, 0.2) is 30.3 Å². The number of hydrogen-bond acceptors (Lipinski definition) is 4. The number of rotatable bonds is 1. The highest BCUT2D eigenvalue weighted by Crippen LogP contribution is 2.20. The molecule has 0 heterocycles. The largest absolute Gasteiger partial charge is 0.741 e. The molecule has 0 aromatic heterocycles. The van der Waals surface area contributed by atoms with E-state index in [1.165, 1.54) is 3.57 Å². The molecule has 0 amide bonds. The van der Waals surface area contributed by atoms with Gasteiger partial charge in [-0.3, -0.25) is 0 Å². The Bertz CT molecular complexity index is 481. The van der Waals surface area contributed by atoms with Crippen molar-refractivity contribution in [1.29, 1.82) is 5.26 Å². The highest BCUT2D eigenvalue weighted by molar-refractivity contribution is 7.86. The Morgan fingerprint density at radius 3 is 1.94 bits per heavy atom. The van der Waals surface area contributed by atoms with Gasteiger partial charge in [0.1, 0.15) is 0 Å². The van der Waals surface area contributed by atoms with Gasteiger partial charge in [-0.2, -0.15) is 13.2 Å². The molecule has 0 aliphatic heterocycles. The van der Waals surface area contributed by atoms with Crippen LogP contribution in [0.1, 0.15) is 0 Å². The second-order valence-electron chi connectivity index (χ2n) is 2.37. The highest BCUT2D eigenvalue weighted by Gasteiger charge is 2.36. The molecule has 0 aliphatic rings. The van der Waals surface area contributed by atoms with Crippen LogP contribution < -0.4 is 21.2 Å². The summed E-state index contributed by atoms with van der Waals surface area (Å²) in [4.78, 5) is 0. The van der Waals surface area contributed by atoms with Crippen LogP contribution in [0.5, 0.6) is 0 Å². The molecule has 0 radical (unpaired) electrons. The number of hydrogen-bond donors (Lipinski definition) is 0. The van der Waals surface area contributed by atoms with Gasteiger partial charge < -0.3 is 4.55 Å². The lowest BCUT2D eigenvalue weighted by Crippen LogP contribution is -3.59. The fourth-order valence-corrected chi connectivity index (χ4v) is 1.58. The maximum Gasteiger partial charge on any atom is 0.485 e. The summed E-state index contributed by atoms with van der Waals surface area (Å²) >= 11 is -0.365. The lowest BCUT2D eigenvalue weighted by molar-refractivity contribution is -0.538. The van der Waals surface area contributed by atoms with Crippen molar-refractivity contribution in [2.24, 2.45) is 0 Å². The first kappa shape index (κ1) is 16.1. The first-order chi connectivity index (χ1) is 7.68. The fourth-order valence-electron chi connectivity index (χ4n) is 0.526. The Morgan fingerprint density at radius 1 is 1.24 bits per heavy atom. The Labute approximate surface area is 106 Å². The number of nitriles is 1. The molecule has 94 valence electrons. The minimum atomic E-state index is -6.09. The normalized spacial score (nSPS) is 11.0. The molecule has 0 saturated heterocycles. The molecule has 17 heavy (non-hydrogen) atoms. The van der Waals surface area contributed by atoms with E-state index in [0.29, 0.717) is 0 Å². The molecular weight excluding hydrogens is 374 g/mol. The second kappa shape index (κ2) is 6.77. The van der Waals surface area contributed by atoms with Crippen molar-refractivity contribution in [3.63, 3.8) is 0 Å². The van der Waals surface area contributed by atoms with Crippen LogP contribution in [0.25, 0.3) is 0 Å². The monoisotopic (exact) mass is 379 g/mol. The molecular formula is C8H5F3INO3S. The van der Waals surface area contributed by atoms with Gasteiger partial charge in [0.15, 0.2) is 10.1 Å². The van der Waals surface area contributed by atoms with E-state index in [1.807, 2.05) is 30.3 Å². The van der Waals surface area contributed by atoms with Crippen molar-refractivity contribution in [1.82, 2.24) is 0 Å². The van der Waals surface area contributed by atoms with Crippen LogP contribution in [0, 0.1) is 12.9 Å². The standard InChI is InChI=1S/C7H5IN.CHF3O3S/c9-6-8-7-4-2-1-3-5-7;2-1(3,4)8(5,6)7/h1-5H;(H,5,6,7)/q+1;/p-1. The summed E-state index contributed by atoms with van der Waals surface area (Å²) < 4.78 is 62.3. The van der Waals surface area contributed by atoms with Crippen LogP contribution >= 0.6 is 0 Å². The van der Waals surface area contributed by atoms with Gasteiger partial charge in [-0.15, -0.1) is 5.26 Å². The zero-order valence-corrected chi connectivity index (χ0v) is 11.0. The van der Waals surface area contributed by atoms with Crippen molar-refractivity contribution >= 4 is 10.1 Å². The summed E-state index contributed by atoms with van der Waals surface area (Å²) in [5.74, 6) is 0. The molecule has 0 atom stereocenters. The van der Waals surface area contributed by atoms with Crippen LogP contribution in [-0.4, -0.2) is 18.5 Å². The fraction of sp³-hybridized carbons (Fsp3) is 0.125. The van der Waals surface area contributed by atoms with E-state index in [9.17, 15) is 13.2 Å². The minimum Gasteiger partial charge on any atom is -0.741 e. The molecule has 4 nitrogen and oxygen atoms in total. The summed E-state index contributed by atoms with van der Waals surface area (Å²) in [6.45, 7) is 0. The zero-order chi connectivity index (χ0) is 13.5. The topological polar surface area (TPSA) is 81.0 Å². The quantitative estimate of drug-likeness (QED) is 0.337. The van der Waals surface area contributed by atoms with Gasteiger partial charge in [0.25, 0.3) is 0 Å². The smallest absolute Gasteiger partial charge is 0.485 e. The number of benzene rings is 1. The van der Waals surface area contributed by atoms with Crippen LogP contribution in [-0.2, 0) is 10.1 Å². The third kappa shape index (κ3) is 7.14. The Kier molecular flexibility index (Phi) is 6.43. The van der Waals surface area contributed by atoms with Gasteiger partial charge in [0.2, 0.25) is 3.57 Å². The summed E-state index contributed by atoms with van der Waals surface area (Å²) in [6.07, 6.45) is 0. The third-order valence-electron chi connectivity index (χ3n) is 1.17. The Morgan fingerprint density at radius 2 is 1.65 bits per heavy atom. The molecule has 0 spiro atoms. The minimum absolute atomic E-state index is 0.365. The van der Waals surface area contributed by atoms with E-state index in [0.717, 1.165) is 0 Å². The van der Waals surface area contributed by atoms with Gasteiger partial charge >= 0.3 is 30.8 Å². The number of halogens is 4. The van der Waals surface area contributed by atoms with Gasteiger partial charge in [0.05, 0.1) is 0 Å². The molecule has 0 bridgehead atoms. The van der Waals surface area contributed by atoms with Crippen molar-refractivity contribution in [2.75, 3.05) is 0 Å². The number of nitrogens with zero attached hydrogens (tertiary/aromatic N) is 1. The van der Waals surface area contributed by atoms with Crippen molar-refractivity contribution in [2.45, 2.75) is 5.51 Å². The summed E-state index contributed by atoms with van der Waals surface area (Å²) in [7, 11) is -6.09. The van der Waals surface area contributed by atoms with Crippen LogP contribution in [0.2, 0.25) is 0 Å². The van der Waals surface area contributed by atoms with Crippen LogP contribution in [0.3, 0.4) is 0 Å². The van der Waals surface area contributed by atoms with Gasteiger partial charge in [0, 0.05) is 0 Å².